The Kier molecular flexibility index (Phi) is 5.78. The Hall–Kier alpha value is -1.42. The maximum Gasteiger partial charge on any atom is 0.226 e. The van der Waals surface area contributed by atoms with Gasteiger partial charge in [0.15, 0.2) is 11.5 Å². The van der Waals surface area contributed by atoms with Crippen LogP contribution in [0.5, 0.6) is 0 Å². The number of hydrogen-bond donors (Lipinski definition) is 0. The SMILES string of the molecule is CCCCC1=C(OC)C(=O)C(COCC)=CC1=O. The smallest absolute Gasteiger partial charge is 0.226 e. The quantitative estimate of drug-likeness (QED) is 0.652. The molecule has 0 aromatic heterocycles. The van der Waals surface area contributed by atoms with Gasteiger partial charge in [0.05, 0.1) is 13.7 Å². The molecule has 0 amide bonds. The predicted molar refractivity (Wildman–Crippen MR) is 68.2 cm³/mol. The number of unbranched alkanes of at least 4 members (excludes halogenated alkanes) is 1. The molecule has 4 heteroatoms. The number of methoxy groups -OCH3 is 1. The van der Waals surface area contributed by atoms with E-state index in [4.69, 9.17) is 9.47 Å². The average Bonchev–Trinajstić information content (AvgIpc) is 2.37. The minimum Gasteiger partial charge on any atom is -0.492 e. The Bertz CT molecular complexity index is 391. The van der Waals surface area contributed by atoms with Crippen molar-refractivity contribution in [3.8, 4) is 0 Å². The van der Waals surface area contributed by atoms with Crippen LogP contribution in [0.2, 0.25) is 0 Å². The first-order valence-corrected chi connectivity index (χ1v) is 6.30. The molecule has 0 fully saturated rings. The molecule has 0 unspecified atom stereocenters. The van der Waals surface area contributed by atoms with Crippen molar-refractivity contribution in [3.63, 3.8) is 0 Å². The zero-order valence-corrected chi connectivity index (χ0v) is 11.2. The number of carbonyl (C=O) groups excluding carboxylic acids is 2. The van der Waals surface area contributed by atoms with E-state index >= 15 is 0 Å². The molecule has 0 N–H and O–H groups in total. The molecular weight excluding hydrogens is 232 g/mol. The Labute approximate surface area is 108 Å². The van der Waals surface area contributed by atoms with Gasteiger partial charge in [-0.05, 0) is 25.8 Å². The third-order valence-electron chi connectivity index (χ3n) is 2.82. The van der Waals surface area contributed by atoms with Crippen molar-refractivity contribution in [1.29, 1.82) is 0 Å². The standard InChI is InChI=1S/C14H20O4/c1-4-6-7-11-12(15)8-10(9-18-5-2)13(16)14(11)17-3/h8H,4-7,9H2,1-3H3. The van der Waals surface area contributed by atoms with Crippen LogP contribution in [0.15, 0.2) is 23.0 Å². The van der Waals surface area contributed by atoms with Crippen LogP contribution in [0.1, 0.15) is 33.1 Å². The lowest BCUT2D eigenvalue weighted by Crippen LogP contribution is -2.23. The van der Waals surface area contributed by atoms with Gasteiger partial charge in [-0.3, -0.25) is 9.59 Å². The first-order valence-electron chi connectivity index (χ1n) is 6.30. The Balaban J connectivity index is 2.92. The van der Waals surface area contributed by atoms with Gasteiger partial charge in [-0.1, -0.05) is 13.3 Å². The minimum atomic E-state index is -0.225. The summed E-state index contributed by atoms with van der Waals surface area (Å²) < 4.78 is 10.3. The van der Waals surface area contributed by atoms with Crippen molar-refractivity contribution < 1.29 is 19.1 Å². The Morgan fingerprint density at radius 1 is 1.22 bits per heavy atom. The third kappa shape index (κ3) is 3.29. The fraction of sp³-hybridized carbons (Fsp3) is 0.571. The van der Waals surface area contributed by atoms with E-state index in [1.165, 1.54) is 13.2 Å². The molecule has 0 saturated carbocycles. The molecule has 0 bridgehead atoms. The van der Waals surface area contributed by atoms with Crippen molar-refractivity contribution in [3.05, 3.63) is 23.0 Å². The second-order valence-electron chi connectivity index (χ2n) is 4.12. The van der Waals surface area contributed by atoms with Crippen molar-refractivity contribution >= 4 is 11.6 Å². The highest BCUT2D eigenvalue weighted by molar-refractivity contribution is 6.21. The zero-order chi connectivity index (χ0) is 13.5. The maximum atomic E-state index is 12.1. The number of hydrogen-bond acceptors (Lipinski definition) is 4. The molecular formula is C14H20O4. The summed E-state index contributed by atoms with van der Waals surface area (Å²) in [7, 11) is 1.43. The van der Waals surface area contributed by atoms with Crippen molar-refractivity contribution in [2.24, 2.45) is 0 Å². The summed E-state index contributed by atoms with van der Waals surface area (Å²) in [5.41, 5.74) is 0.864. The number of carbonyl (C=O) groups is 2. The molecule has 0 spiro atoms. The van der Waals surface area contributed by atoms with E-state index in [2.05, 4.69) is 0 Å². The zero-order valence-electron chi connectivity index (χ0n) is 11.2. The number of rotatable bonds is 7. The third-order valence-corrected chi connectivity index (χ3v) is 2.82. The fourth-order valence-corrected chi connectivity index (χ4v) is 1.83. The second-order valence-corrected chi connectivity index (χ2v) is 4.12. The molecule has 0 aliphatic heterocycles. The van der Waals surface area contributed by atoms with E-state index in [1.807, 2.05) is 13.8 Å². The fourth-order valence-electron chi connectivity index (χ4n) is 1.83. The van der Waals surface area contributed by atoms with E-state index in [1.54, 1.807) is 0 Å². The van der Waals surface area contributed by atoms with E-state index in [0.717, 1.165) is 12.8 Å². The van der Waals surface area contributed by atoms with E-state index in [-0.39, 0.29) is 23.9 Å². The lowest BCUT2D eigenvalue weighted by molar-refractivity contribution is -0.118. The first-order chi connectivity index (χ1) is 8.65. The molecule has 0 aromatic carbocycles. The molecule has 1 aliphatic carbocycles. The summed E-state index contributed by atoms with van der Waals surface area (Å²) in [4.78, 5) is 24.1. The van der Waals surface area contributed by atoms with Crippen LogP contribution < -0.4 is 0 Å². The van der Waals surface area contributed by atoms with E-state index in [0.29, 0.717) is 24.2 Å². The van der Waals surface area contributed by atoms with Crippen LogP contribution in [0.3, 0.4) is 0 Å². The van der Waals surface area contributed by atoms with Gasteiger partial charge in [0, 0.05) is 17.8 Å². The van der Waals surface area contributed by atoms with Gasteiger partial charge in [0.25, 0.3) is 0 Å². The highest BCUT2D eigenvalue weighted by Crippen LogP contribution is 2.24. The monoisotopic (exact) mass is 252 g/mol. The van der Waals surface area contributed by atoms with Gasteiger partial charge in [0.2, 0.25) is 5.78 Å². The summed E-state index contributed by atoms with van der Waals surface area (Å²) in [6, 6.07) is 0. The summed E-state index contributed by atoms with van der Waals surface area (Å²) in [5.74, 6) is -0.170. The van der Waals surface area contributed by atoms with Gasteiger partial charge >= 0.3 is 0 Å². The largest absolute Gasteiger partial charge is 0.492 e. The number of ketones is 2. The van der Waals surface area contributed by atoms with Gasteiger partial charge in [-0.2, -0.15) is 0 Å². The van der Waals surface area contributed by atoms with Crippen molar-refractivity contribution in [2.75, 3.05) is 20.3 Å². The number of Topliss-reactive ketones (excluding diaryl/α,β-unsaturated/α-hetero) is 1. The molecule has 1 aliphatic rings. The summed E-state index contributed by atoms with van der Waals surface area (Å²) in [6.45, 7) is 4.55. The van der Waals surface area contributed by atoms with E-state index < -0.39 is 0 Å². The lowest BCUT2D eigenvalue weighted by atomic mass is 9.92. The van der Waals surface area contributed by atoms with Crippen LogP contribution in [0.25, 0.3) is 0 Å². The van der Waals surface area contributed by atoms with E-state index in [9.17, 15) is 9.59 Å². The number of allylic oxidation sites excluding steroid dienone is 3. The molecule has 18 heavy (non-hydrogen) atoms. The molecule has 100 valence electrons. The van der Waals surface area contributed by atoms with Crippen molar-refractivity contribution in [1.82, 2.24) is 0 Å². The lowest BCUT2D eigenvalue weighted by Gasteiger charge is -2.17. The van der Waals surface area contributed by atoms with Crippen LogP contribution in [-0.4, -0.2) is 31.9 Å². The van der Waals surface area contributed by atoms with Crippen LogP contribution in [0, 0.1) is 0 Å². The summed E-state index contributed by atoms with van der Waals surface area (Å²) in [5, 5.41) is 0. The number of ether oxygens (including phenoxy) is 2. The molecule has 0 heterocycles. The highest BCUT2D eigenvalue weighted by atomic mass is 16.5. The first kappa shape index (κ1) is 14.6. The van der Waals surface area contributed by atoms with Crippen molar-refractivity contribution in [2.45, 2.75) is 33.1 Å². The van der Waals surface area contributed by atoms with Gasteiger partial charge in [-0.25, -0.2) is 0 Å². The minimum absolute atomic E-state index is 0.130. The average molecular weight is 252 g/mol. The predicted octanol–water partition coefficient (Wildman–Crippen LogP) is 2.19. The highest BCUT2D eigenvalue weighted by Gasteiger charge is 2.28. The normalized spacial score (nSPS) is 16.1. The topological polar surface area (TPSA) is 52.6 Å². The van der Waals surface area contributed by atoms with Crippen LogP contribution in [-0.2, 0) is 19.1 Å². The van der Waals surface area contributed by atoms with Gasteiger partial charge in [0.1, 0.15) is 0 Å². The maximum absolute atomic E-state index is 12.1. The molecule has 0 radical (unpaired) electrons. The van der Waals surface area contributed by atoms with Crippen LogP contribution >= 0.6 is 0 Å². The Morgan fingerprint density at radius 3 is 2.50 bits per heavy atom. The molecule has 0 saturated heterocycles. The van der Waals surface area contributed by atoms with Gasteiger partial charge in [-0.15, -0.1) is 0 Å². The van der Waals surface area contributed by atoms with Gasteiger partial charge < -0.3 is 9.47 Å². The summed E-state index contributed by atoms with van der Waals surface area (Å²) in [6.07, 6.45) is 3.81. The Morgan fingerprint density at radius 2 is 1.94 bits per heavy atom. The molecule has 0 atom stereocenters. The molecule has 0 aromatic rings. The van der Waals surface area contributed by atoms with Crippen LogP contribution in [0.4, 0.5) is 0 Å². The molecule has 1 rings (SSSR count). The molecule has 4 nitrogen and oxygen atoms in total. The summed E-state index contributed by atoms with van der Waals surface area (Å²) >= 11 is 0. The second kappa shape index (κ2) is 7.11.